The van der Waals surface area contributed by atoms with Gasteiger partial charge in [0.2, 0.25) is 15.9 Å². The summed E-state index contributed by atoms with van der Waals surface area (Å²) in [7, 11) is -2.69. The van der Waals surface area contributed by atoms with Gasteiger partial charge in [-0.2, -0.15) is 0 Å². The molecular formula is C43H49N3O5S. The highest BCUT2D eigenvalue weighted by molar-refractivity contribution is 7.89. The molecule has 0 aromatic heterocycles. The molecule has 1 aliphatic rings. The average Bonchev–Trinajstić information content (AvgIpc) is 3.35. The van der Waals surface area contributed by atoms with Crippen LogP contribution in [-0.2, 0) is 30.9 Å². The molecule has 4 aromatic rings. The van der Waals surface area contributed by atoms with Gasteiger partial charge in [0, 0.05) is 31.0 Å². The van der Waals surface area contributed by atoms with Crippen LogP contribution in [0.5, 0.6) is 0 Å². The van der Waals surface area contributed by atoms with Crippen molar-refractivity contribution in [3.8, 4) is 0 Å². The lowest BCUT2D eigenvalue weighted by molar-refractivity contribution is -0.140. The molecule has 4 aromatic carbocycles. The molecular weight excluding hydrogens is 671 g/mol. The van der Waals surface area contributed by atoms with E-state index in [0.717, 1.165) is 16.7 Å². The van der Waals surface area contributed by atoms with Crippen LogP contribution in [0.15, 0.2) is 131 Å². The highest BCUT2D eigenvalue weighted by Crippen LogP contribution is 2.43. The summed E-state index contributed by atoms with van der Waals surface area (Å²) < 4.78 is 35.9. The molecule has 1 aliphatic carbocycles. The van der Waals surface area contributed by atoms with Gasteiger partial charge in [0.15, 0.2) is 0 Å². The fraction of sp³-hybridized carbons (Fsp3) is 0.302. The zero-order chi connectivity index (χ0) is 37.3. The normalized spacial score (nSPS) is 15.8. The Hall–Kier alpha value is -4.83. The predicted octanol–water partition coefficient (Wildman–Crippen LogP) is 8.67. The van der Waals surface area contributed by atoms with Crippen LogP contribution in [-0.4, -0.2) is 27.4 Å². The number of allylic oxidation sites excluding steroid dienone is 4. The van der Waals surface area contributed by atoms with Crippen molar-refractivity contribution < 1.29 is 22.7 Å². The highest BCUT2D eigenvalue weighted by Gasteiger charge is 2.31. The Balaban J connectivity index is 1.39. The van der Waals surface area contributed by atoms with E-state index in [2.05, 4.69) is 72.1 Å². The summed E-state index contributed by atoms with van der Waals surface area (Å²) in [5.74, 6) is -0.203. The van der Waals surface area contributed by atoms with Crippen LogP contribution >= 0.6 is 0 Å². The van der Waals surface area contributed by atoms with Crippen molar-refractivity contribution in [2.75, 3.05) is 12.4 Å². The summed E-state index contributed by atoms with van der Waals surface area (Å²) in [6, 6.07) is 33.1. The van der Waals surface area contributed by atoms with Crippen LogP contribution in [0.25, 0.3) is 5.57 Å². The van der Waals surface area contributed by atoms with E-state index in [-0.39, 0.29) is 29.6 Å². The number of esters is 1. The van der Waals surface area contributed by atoms with Gasteiger partial charge in [-0.1, -0.05) is 97.4 Å². The second-order valence-corrected chi connectivity index (χ2v) is 15.1. The van der Waals surface area contributed by atoms with Gasteiger partial charge in [-0.25, -0.2) is 13.1 Å². The minimum absolute atomic E-state index is 0.0811. The smallest absolute Gasteiger partial charge is 0.305 e. The molecule has 8 nitrogen and oxygen atoms in total. The van der Waals surface area contributed by atoms with Crippen LogP contribution in [0, 0.1) is 5.92 Å². The molecule has 0 heterocycles. The van der Waals surface area contributed by atoms with Gasteiger partial charge in [-0.15, -0.1) is 0 Å². The first-order valence-corrected chi connectivity index (χ1v) is 19.3. The van der Waals surface area contributed by atoms with E-state index >= 15 is 0 Å². The maximum atomic E-state index is 14.1. The number of ether oxygens (including phenoxy) is 1. The van der Waals surface area contributed by atoms with Gasteiger partial charge in [0.05, 0.1) is 24.1 Å². The molecule has 0 saturated heterocycles. The molecule has 5 rings (SSSR count). The summed E-state index contributed by atoms with van der Waals surface area (Å²) in [4.78, 5) is 23.9. The van der Waals surface area contributed by atoms with Crippen LogP contribution < -0.4 is 15.4 Å². The van der Waals surface area contributed by atoms with E-state index in [1.807, 2.05) is 60.7 Å². The van der Waals surface area contributed by atoms with Crippen molar-refractivity contribution >= 4 is 33.2 Å². The number of hydrogen-bond donors (Lipinski definition) is 3. The van der Waals surface area contributed by atoms with Crippen LogP contribution in [0.3, 0.4) is 0 Å². The molecule has 272 valence electrons. The molecule has 3 unspecified atom stereocenters. The van der Waals surface area contributed by atoms with Crippen LogP contribution in [0.4, 0.5) is 5.69 Å². The third-order valence-corrected chi connectivity index (χ3v) is 11.6. The van der Waals surface area contributed by atoms with E-state index in [0.29, 0.717) is 31.0 Å². The van der Waals surface area contributed by atoms with E-state index in [1.54, 1.807) is 12.1 Å². The number of methoxy groups -OCH3 is 1. The van der Waals surface area contributed by atoms with Crippen LogP contribution in [0.2, 0.25) is 0 Å². The molecule has 0 aliphatic heterocycles. The second-order valence-electron chi connectivity index (χ2n) is 13.4. The van der Waals surface area contributed by atoms with E-state index in [1.165, 1.54) is 47.1 Å². The molecule has 9 heteroatoms. The number of rotatable bonds is 16. The maximum absolute atomic E-state index is 14.1. The van der Waals surface area contributed by atoms with Crippen molar-refractivity contribution in [3.05, 3.63) is 148 Å². The summed E-state index contributed by atoms with van der Waals surface area (Å²) in [5.41, 5.74) is 9.97. The first-order chi connectivity index (χ1) is 25.0. The lowest BCUT2D eigenvalue weighted by atomic mass is 9.88. The third-order valence-electron chi connectivity index (χ3n) is 10.1. The minimum Gasteiger partial charge on any atom is -0.469 e. The summed E-state index contributed by atoms with van der Waals surface area (Å²) >= 11 is 0. The highest BCUT2D eigenvalue weighted by atomic mass is 32.2. The zero-order valence-corrected chi connectivity index (χ0v) is 31.4. The molecule has 52 heavy (non-hydrogen) atoms. The number of carbonyl (C=O) groups is 2. The van der Waals surface area contributed by atoms with E-state index in [4.69, 9.17) is 0 Å². The number of sulfonamides is 1. The number of amides is 1. The quantitative estimate of drug-likeness (QED) is 0.0789. The predicted molar refractivity (Wildman–Crippen MR) is 208 cm³/mol. The van der Waals surface area contributed by atoms with E-state index in [9.17, 15) is 18.0 Å². The molecule has 0 fully saturated rings. The number of carbonyl (C=O) groups excluding carboxylic acids is 2. The van der Waals surface area contributed by atoms with Gasteiger partial charge in [0.25, 0.3) is 0 Å². The van der Waals surface area contributed by atoms with Crippen LogP contribution in [0.1, 0.15) is 87.7 Å². The van der Waals surface area contributed by atoms with Crippen molar-refractivity contribution in [2.45, 2.75) is 76.9 Å². The number of unbranched alkanes of at least 4 members (excludes halogenated alkanes) is 1. The van der Waals surface area contributed by atoms with Gasteiger partial charge >= 0.3 is 5.97 Å². The maximum Gasteiger partial charge on any atom is 0.305 e. The van der Waals surface area contributed by atoms with E-state index < -0.39 is 22.1 Å². The lowest BCUT2D eigenvalue weighted by Gasteiger charge is -2.30. The van der Waals surface area contributed by atoms with Crippen molar-refractivity contribution in [3.63, 3.8) is 0 Å². The van der Waals surface area contributed by atoms with Crippen molar-refractivity contribution in [2.24, 2.45) is 5.92 Å². The molecule has 0 spiro atoms. The molecule has 0 radical (unpaired) electrons. The molecule has 1 amide bonds. The Morgan fingerprint density at radius 3 is 1.90 bits per heavy atom. The molecule has 3 atom stereocenters. The minimum atomic E-state index is -4.02. The standard InChI is InChI=1S/C43H49N3O5S/c1-29-30(2)32(4)41(31(29)3)38-21-13-12-20-35(38)28-44-42(33-16-8-6-9-17-33)43(34-18-10-7-11-19-34)46-52(49,50)37-26-24-36(25-27-37)45-39(47)22-14-15-23-40(48)51-5/h6-13,16-21,24-27,31,42-44,46H,14-15,22-23,28H2,1-5H3,(H,45,47). The third kappa shape index (κ3) is 9.33. The summed E-state index contributed by atoms with van der Waals surface area (Å²) in [6.45, 7) is 9.38. The Morgan fingerprint density at radius 2 is 1.31 bits per heavy atom. The Kier molecular flexibility index (Phi) is 13.0. The zero-order valence-electron chi connectivity index (χ0n) is 30.6. The monoisotopic (exact) mass is 719 g/mol. The number of anilines is 1. The largest absolute Gasteiger partial charge is 0.469 e. The van der Waals surface area contributed by atoms with Gasteiger partial charge in [-0.05, 0) is 96.9 Å². The van der Waals surface area contributed by atoms with Crippen molar-refractivity contribution in [1.82, 2.24) is 10.0 Å². The molecule has 0 saturated carbocycles. The topological polar surface area (TPSA) is 114 Å². The first kappa shape index (κ1) is 38.4. The Morgan fingerprint density at radius 1 is 0.731 bits per heavy atom. The average molecular weight is 720 g/mol. The first-order valence-electron chi connectivity index (χ1n) is 17.8. The van der Waals surface area contributed by atoms with Crippen molar-refractivity contribution in [1.29, 1.82) is 0 Å². The fourth-order valence-electron chi connectivity index (χ4n) is 6.87. The number of benzene rings is 4. The number of hydrogen-bond acceptors (Lipinski definition) is 6. The summed E-state index contributed by atoms with van der Waals surface area (Å²) in [6.07, 6.45) is 1.58. The molecule has 3 N–H and O–H groups in total. The molecule has 0 bridgehead atoms. The second kappa shape index (κ2) is 17.6. The number of nitrogens with one attached hydrogen (secondary N) is 3. The lowest BCUT2D eigenvalue weighted by Crippen LogP contribution is -2.38. The fourth-order valence-corrected chi connectivity index (χ4v) is 8.10. The van der Waals surface area contributed by atoms with Gasteiger partial charge < -0.3 is 15.4 Å². The van der Waals surface area contributed by atoms with Gasteiger partial charge in [0.1, 0.15) is 0 Å². The summed E-state index contributed by atoms with van der Waals surface area (Å²) in [5, 5.41) is 6.58. The SMILES string of the molecule is COC(=O)CCCCC(=O)Nc1ccc(S(=O)(=O)NC(c2ccccc2)C(NCc2ccccc2C2=C(C)C(C)=C(C)C2C)c2ccccc2)cc1. The van der Waals surface area contributed by atoms with Gasteiger partial charge in [-0.3, -0.25) is 9.59 Å². The Labute approximate surface area is 308 Å². The Bertz CT molecular complexity index is 2020.